The van der Waals surface area contributed by atoms with Gasteiger partial charge in [0.15, 0.2) is 0 Å². The number of hydrogen-bond donors (Lipinski definition) is 3. The molecule has 0 bridgehead atoms. The molecule has 1 aliphatic heterocycles. The fourth-order valence-electron chi connectivity index (χ4n) is 4.92. The number of nitrogens with zero attached hydrogens (tertiary/aromatic N) is 3. The number of halogens is 4. The Morgan fingerprint density at radius 2 is 1.62 bits per heavy atom. The van der Waals surface area contributed by atoms with Crippen molar-refractivity contribution in [2.75, 3.05) is 42.1 Å². The molecule has 10 heteroatoms. The van der Waals surface area contributed by atoms with Gasteiger partial charge < -0.3 is 21.3 Å². The van der Waals surface area contributed by atoms with E-state index in [4.69, 9.17) is 5.73 Å². The van der Waals surface area contributed by atoms with E-state index in [0.29, 0.717) is 54.1 Å². The van der Waals surface area contributed by atoms with E-state index in [-0.39, 0.29) is 18.1 Å². The van der Waals surface area contributed by atoms with Gasteiger partial charge >= 0.3 is 6.18 Å². The number of alkyl halides is 3. The summed E-state index contributed by atoms with van der Waals surface area (Å²) in [6.07, 6.45) is -1.18. The highest BCUT2D eigenvalue weighted by atomic mass is 35.5. The summed E-state index contributed by atoms with van der Waals surface area (Å²) in [6.45, 7) is 2.33. The molecule has 0 aliphatic carbocycles. The molecule has 200 valence electrons. The van der Waals surface area contributed by atoms with Gasteiger partial charge in [-0.3, -0.25) is 9.97 Å². The predicted octanol–water partition coefficient (Wildman–Crippen LogP) is 6.63. The maximum atomic E-state index is 14.1. The Morgan fingerprint density at radius 3 is 2.41 bits per heavy atom. The van der Waals surface area contributed by atoms with E-state index in [1.165, 1.54) is 12.3 Å². The molecule has 0 radical (unpaired) electrons. The standard InChI is InChI=1S/C29H25F3N6.ClH/c30-29(31,32)23-15-21(6-8-27(23)38-11-9-34-10-12-38)37-28-22-14-18(5-7-26(22)36-17-24(28)33)20-13-19-3-1-2-4-25(19)35-16-20;/h1-8,13-17,34H,9-12,33H2,(H,36,37);1H. The zero-order valence-electron chi connectivity index (χ0n) is 20.8. The van der Waals surface area contributed by atoms with Crippen molar-refractivity contribution >= 4 is 57.0 Å². The summed E-state index contributed by atoms with van der Waals surface area (Å²) in [6, 6.07) is 20.0. The van der Waals surface area contributed by atoms with Gasteiger partial charge in [-0.05, 0) is 48.0 Å². The molecule has 3 heterocycles. The molecule has 1 saturated heterocycles. The molecule has 0 spiro atoms. The molecule has 1 aliphatic rings. The summed E-state index contributed by atoms with van der Waals surface area (Å²) in [5.74, 6) is 0. The minimum atomic E-state index is -4.50. The van der Waals surface area contributed by atoms with Crippen LogP contribution < -0.4 is 21.3 Å². The summed E-state index contributed by atoms with van der Waals surface area (Å²) in [5.41, 5.74) is 10.3. The molecular weight excluding hydrogens is 525 g/mol. The van der Waals surface area contributed by atoms with Crippen molar-refractivity contribution in [3.63, 3.8) is 0 Å². The summed E-state index contributed by atoms with van der Waals surface area (Å²) in [4.78, 5) is 10.7. The molecule has 6 rings (SSSR count). The fourth-order valence-corrected chi connectivity index (χ4v) is 4.92. The van der Waals surface area contributed by atoms with Crippen LogP contribution in [0.1, 0.15) is 5.56 Å². The van der Waals surface area contributed by atoms with Crippen LogP contribution in [0.5, 0.6) is 0 Å². The van der Waals surface area contributed by atoms with E-state index >= 15 is 0 Å². The number of fused-ring (bicyclic) bond motifs is 2. The van der Waals surface area contributed by atoms with Crippen molar-refractivity contribution in [3.05, 3.63) is 84.7 Å². The van der Waals surface area contributed by atoms with Crippen LogP contribution in [0.4, 0.5) is 35.9 Å². The first kappa shape index (κ1) is 26.5. The van der Waals surface area contributed by atoms with Gasteiger partial charge in [-0.2, -0.15) is 13.2 Å². The normalized spacial score (nSPS) is 13.9. The molecule has 0 amide bonds. The average Bonchev–Trinajstić information content (AvgIpc) is 2.94. The van der Waals surface area contributed by atoms with E-state index in [9.17, 15) is 13.2 Å². The van der Waals surface area contributed by atoms with Crippen LogP contribution in [0.25, 0.3) is 32.9 Å². The second-order valence-corrected chi connectivity index (χ2v) is 9.33. The number of anilines is 4. The zero-order valence-corrected chi connectivity index (χ0v) is 21.6. The van der Waals surface area contributed by atoms with Crippen LogP contribution in [0.15, 0.2) is 79.1 Å². The van der Waals surface area contributed by atoms with Crippen LogP contribution in [0.3, 0.4) is 0 Å². The third-order valence-corrected chi connectivity index (χ3v) is 6.85. The fraction of sp³-hybridized carbons (Fsp3) is 0.172. The Bertz CT molecular complexity index is 1650. The lowest BCUT2D eigenvalue weighted by Gasteiger charge is -2.31. The van der Waals surface area contributed by atoms with Gasteiger partial charge in [0, 0.05) is 60.1 Å². The van der Waals surface area contributed by atoms with Gasteiger partial charge in [0.25, 0.3) is 0 Å². The van der Waals surface area contributed by atoms with Crippen molar-refractivity contribution in [2.45, 2.75) is 6.18 Å². The monoisotopic (exact) mass is 550 g/mol. The molecule has 4 N–H and O–H groups in total. The largest absolute Gasteiger partial charge is 0.418 e. The molecule has 3 aromatic carbocycles. The second-order valence-electron chi connectivity index (χ2n) is 9.33. The van der Waals surface area contributed by atoms with Crippen molar-refractivity contribution < 1.29 is 13.2 Å². The summed E-state index contributed by atoms with van der Waals surface area (Å²) < 4.78 is 42.3. The van der Waals surface area contributed by atoms with Gasteiger partial charge in [-0.25, -0.2) is 0 Å². The lowest BCUT2D eigenvalue weighted by molar-refractivity contribution is -0.137. The molecule has 0 saturated carbocycles. The van der Waals surface area contributed by atoms with Crippen molar-refractivity contribution in [2.24, 2.45) is 0 Å². The van der Waals surface area contributed by atoms with Crippen molar-refractivity contribution in [1.29, 1.82) is 0 Å². The Morgan fingerprint density at radius 1 is 0.846 bits per heavy atom. The summed E-state index contributed by atoms with van der Waals surface area (Å²) >= 11 is 0. The molecule has 5 aromatic rings. The van der Waals surface area contributed by atoms with Gasteiger partial charge in [-0.1, -0.05) is 24.3 Å². The number of nitrogens with one attached hydrogen (secondary N) is 2. The van der Waals surface area contributed by atoms with Crippen LogP contribution in [-0.4, -0.2) is 36.1 Å². The highest BCUT2D eigenvalue weighted by Gasteiger charge is 2.35. The second kappa shape index (κ2) is 10.6. The van der Waals surface area contributed by atoms with Crippen molar-refractivity contribution in [3.8, 4) is 11.1 Å². The van der Waals surface area contributed by atoms with Gasteiger partial charge in [0.2, 0.25) is 0 Å². The number of nitrogens with two attached hydrogens (primary N) is 1. The highest BCUT2D eigenvalue weighted by Crippen LogP contribution is 2.40. The zero-order chi connectivity index (χ0) is 26.3. The van der Waals surface area contributed by atoms with E-state index < -0.39 is 11.7 Å². The lowest BCUT2D eigenvalue weighted by Crippen LogP contribution is -2.44. The van der Waals surface area contributed by atoms with Crippen LogP contribution in [0, 0.1) is 0 Å². The first-order valence-corrected chi connectivity index (χ1v) is 12.3. The van der Waals surface area contributed by atoms with Gasteiger partial charge in [0.05, 0.1) is 34.2 Å². The molecular formula is C29H26ClF3N6. The third kappa shape index (κ3) is 5.28. The molecule has 39 heavy (non-hydrogen) atoms. The molecule has 1 fully saturated rings. The first-order chi connectivity index (χ1) is 18.4. The number of piperazine rings is 1. The number of benzene rings is 3. The lowest BCUT2D eigenvalue weighted by atomic mass is 10.0. The number of pyridine rings is 2. The number of rotatable bonds is 4. The maximum absolute atomic E-state index is 14.1. The quantitative estimate of drug-likeness (QED) is 0.233. The first-order valence-electron chi connectivity index (χ1n) is 12.3. The van der Waals surface area contributed by atoms with Gasteiger partial charge in [0.1, 0.15) is 0 Å². The Kier molecular flexibility index (Phi) is 7.20. The number of aromatic nitrogens is 2. The average molecular weight is 551 g/mol. The molecule has 2 aromatic heterocycles. The van der Waals surface area contributed by atoms with E-state index in [1.54, 1.807) is 17.2 Å². The minimum Gasteiger partial charge on any atom is -0.396 e. The van der Waals surface area contributed by atoms with Gasteiger partial charge in [-0.15, -0.1) is 12.4 Å². The molecule has 0 unspecified atom stereocenters. The number of para-hydroxylation sites is 1. The SMILES string of the molecule is Cl.Nc1cnc2ccc(-c3cnc4ccccc4c3)cc2c1Nc1ccc(N2CCNCC2)c(C(F)(F)F)c1. The van der Waals surface area contributed by atoms with Crippen molar-refractivity contribution in [1.82, 2.24) is 15.3 Å². The van der Waals surface area contributed by atoms with E-state index in [2.05, 4.69) is 26.7 Å². The van der Waals surface area contributed by atoms with E-state index in [1.807, 2.05) is 42.5 Å². The van der Waals surface area contributed by atoms with Crippen LogP contribution >= 0.6 is 12.4 Å². The minimum absolute atomic E-state index is 0. The Balaban J connectivity index is 0.00000308. The Hall–Kier alpha value is -4.08. The van der Waals surface area contributed by atoms with Crippen LogP contribution in [0.2, 0.25) is 0 Å². The third-order valence-electron chi connectivity index (χ3n) is 6.85. The molecule has 6 nitrogen and oxygen atoms in total. The smallest absolute Gasteiger partial charge is 0.396 e. The Labute approximate surface area is 229 Å². The summed E-state index contributed by atoms with van der Waals surface area (Å²) in [5, 5.41) is 8.05. The highest BCUT2D eigenvalue weighted by molar-refractivity contribution is 6.01. The maximum Gasteiger partial charge on any atom is 0.418 e. The number of nitrogen functional groups attached to an aromatic ring is 1. The van der Waals surface area contributed by atoms with E-state index in [0.717, 1.165) is 28.1 Å². The predicted molar refractivity (Wildman–Crippen MR) is 154 cm³/mol. The summed E-state index contributed by atoms with van der Waals surface area (Å²) in [7, 11) is 0. The number of hydrogen-bond acceptors (Lipinski definition) is 6. The topological polar surface area (TPSA) is 79.1 Å². The van der Waals surface area contributed by atoms with Crippen LogP contribution in [-0.2, 0) is 6.18 Å². The molecule has 0 atom stereocenters.